The highest BCUT2D eigenvalue weighted by Crippen LogP contribution is 2.44. The Hall–Kier alpha value is -2.02. The number of pyridine rings is 1. The third kappa shape index (κ3) is 2.98. The zero-order valence-electron chi connectivity index (χ0n) is 14.8. The molecule has 0 aliphatic heterocycles. The lowest BCUT2D eigenvalue weighted by Crippen LogP contribution is -2.53. The van der Waals surface area contributed by atoms with Crippen LogP contribution in [0.5, 0.6) is 0 Å². The molecule has 2 rings (SSSR count). The summed E-state index contributed by atoms with van der Waals surface area (Å²) in [5, 5.41) is -0.299. The van der Waals surface area contributed by atoms with Gasteiger partial charge in [-0.15, -0.1) is 0 Å². The maximum Gasteiger partial charge on any atom is 0.433 e. The van der Waals surface area contributed by atoms with Crippen LogP contribution in [0.1, 0.15) is 44.6 Å². The van der Waals surface area contributed by atoms with Crippen LogP contribution in [-0.4, -0.2) is 22.3 Å². The molecule has 0 unspecified atom stereocenters. The summed E-state index contributed by atoms with van der Waals surface area (Å²) in [6.07, 6.45) is -4.63. The van der Waals surface area contributed by atoms with Gasteiger partial charge in [0.25, 0.3) is 0 Å². The van der Waals surface area contributed by atoms with Gasteiger partial charge in [0.15, 0.2) is 17.3 Å². The van der Waals surface area contributed by atoms with E-state index in [1.165, 1.54) is 34.6 Å². The number of alkyl halides is 3. The molecule has 1 aromatic heterocycles. The molecular formula is C18H17ClF3NO3. The van der Waals surface area contributed by atoms with Crippen LogP contribution in [0.4, 0.5) is 13.2 Å². The van der Waals surface area contributed by atoms with Gasteiger partial charge in [0.2, 0.25) is 0 Å². The van der Waals surface area contributed by atoms with Gasteiger partial charge in [-0.3, -0.25) is 14.4 Å². The van der Waals surface area contributed by atoms with Gasteiger partial charge in [-0.25, -0.2) is 4.98 Å². The predicted molar refractivity (Wildman–Crippen MR) is 89.3 cm³/mol. The molecular weight excluding hydrogens is 371 g/mol. The second-order valence-corrected chi connectivity index (χ2v) is 7.63. The van der Waals surface area contributed by atoms with E-state index in [0.29, 0.717) is 0 Å². The van der Waals surface area contributed by atoms with Crippen LogP contribution in [-0.2, 0) is 20.6 Å². The average Bonchev–Trinajstić information content (AvgIpc) is 2.51. The number of hydrogen-bond acceptors (Lipinski definition) is 4. The van der Waals surface area contributed by atoms with Gasteiger partial charge in [0.1, 0.15) is 5.69 Å². The highest BCUT2D eigenvalue weighted by molar-refractivity contribution is 6.56. The molecule has 8 heteroatoms. The molecule has 0 N–H and O–H groups in total. The molecule has 4 nitrogen and oxygen atoms in total. The highest BCUT2D eigenvalue weighted by Gasteiger charge is 2.56. The number of halogens is 4. The van der Waals surface area contributed by atoms with Crippen LogP contribution in [0.15, 0.2) is 17.7 Å². The Kier molecular flexibility index (Phi) is 4.69. The van der Waals surface area contributed by atoms with Crippen molar-refractivity contribution in [2.45, 2.75) is 40.8 Å². The van der Waals surface area contributed by atoms with E-state index in [2.05, 4.69) is 4.98 Å². The predicted octanol–water partition coefficient (Wildman–Crippen LogP) is 4.13. The van der Waals surface area contributed by atoms with Crippen LogP contribution in [0.25, 0.3) is 5.03 Å². The van der Waals surface area contributed by atoms with E-state index < -0.39 is 40.0 Å². The van der Waals surface area contributed by atoms with Gasteiger partial charge in [-0.05, 0) is 46.8 Å². The minimum Gasteiger partial charge on any atom is -0.297 e. The van der Waals surface area contributed by atoms with E-state index >= 15 is 0 Å². The Labute approximate surface area is 153 Å². The van der Waals surface area contributed by atoms with Crippen molar-refractivity contribution in [1.29, 1.82) is 0 Å². The first kappa shape index (κ1) is 20.3. The van der Waals surface area contributed by atoms with Crippen molar-refractivity contribution >= 4 is 34.0 Å². The number of carbonyl (C=O) groups excluding carboxylic acids is 3. The van der Waals surface area contributed by atoms with Crippen LogP contribution in [0, 0.1) is 17.8 Å². The molecule has 0 aromatic carbocycles. The Balaban J connectivity index is 2.70. The van der Waals surface area contributed by atoms with Crippen LogP contribution in [0.3, 0.4) is 0 Å². The lowest BCUT2D eigenvalue weighted by atomic mass is 9.60. The zero-order valence-corrected chi connectivity index (χ0v) is 15.6. The first-order chi connectivity index (χ1) is 11.6. The van der Waals surface area contributed by atoms with E-state index in [0.717, 1.165) is 12.1 Å². The molecule has 0 atom stereocenters. The second-order valence-electron chi connectivity index (χ2n) is 7.25. The Bertz CT molecular complexity index is 835. The third-order valence-corrected chi connectivity index (χ3v) is 4.95. The number of nitrogens with zero attached hydrogens (tertiary/aromatic N) is 1. The lowest BCUT2D eigenvalue weighted by Gasteiger charge is -2.37. The number of aryl methyl sites for hydroxylation is 1. The summed E-state index contributed by atoms with van der Waals surface area (Å²) >= 11 is 6.25. The van der Waals surface area contributed by atoms with Crippen molar-refractivity contribution in [2.24, 2.45) is 10.8 Å². The van der Waals surface area contributed by atoms with Crippen molar-refractivity contribution in [1.82, 2.24) is 4.98 Å². The molecule has 0 amide bonds. The summed E-state index contributed by atoms with van der Waals surface area (Å²) in [6, 6.07) is 1.79. The summed E-state index contributed by atoms with van der Waals surface area (Å²) in [7, 11) is 0. The van der Waals surface area contributed by atoms with E-state index in [1.54, 1.807) is 0 Å². The second kappa shape index (κ2) is 6.01. The van der Waals surface area contributed by atoms with Gasteiger partial charge in [-0.1, -0.05) is 11.6 Å². The molecule has 1 heterocycles. The number of Topliss-reactive ketones (excluding diaryl/α,β-unsaturated/α-hetero) is 3. The van der Waals surface area contributed by atoms with Gasteiger partial charge in [0.05, 0.1) is 21.4 Å². The van der Waals surface area contributed by atoms with E-state index in [-0.39, 0.29) is 21.9 Å². The summed E-state index contributed by atoms with van der Waals surface area (Å²) in [6.45, 7) is 6.89. The molecule has 1 aliphatic rings. The third-order valence-electron chi connectivity index (χ3n) is 4.56. The van der Waals surface area contributed by atoms with Crippen molar-refractivity contribution < 1.29 is 27.6 Å². The van der Waals surface area contributed by atoms with E-state index in [4.69, 9.17) is 11.6 Å². The lowest BCUT2D eigenvalue weighted by molar-refractivity contribution is -0.151. The molecule has 0 saturated heterocycles. The zero-order chi connectivity index (χ0) is 20.2. The van der Waals surface area contributed by atoms with Crippen LogP contribution >= 0.6 is 11.6 Å². The van der Waals surface area contributed by atoms with Crippen LogP contribution in [0.2, 0.25) is 0 Å². The normalized spacial score (nSPS) is 19.7. The minimum atomic E-state index is -4.63. The standard InChI is InChI=1S/C18H17ClF3NO3/c1-8-9(6-7-10(23-8)18(20,21)22)12(19)11-13(24)16(2,3)15(26)17(4,5)14(11)25/h6-7H,1-5H3. The fourth-order valence-corrected chi connectivity index (χ4v) is 3.37. The number of aromatic nitrogens is 1. The maximum absolute atomic E-state index is 12.8. The summed E-state index contributed by atoms with van der Waals surface area (Å²) in [5.41, 5.74) is -4.47. The Morgan fingerprint density at radius 3 is 1.85 bits per heavy atom. The van der Waals surface area contributed by atoms with Gasteiger partial charge in [0, 0.05) is 11.3 Å². The monoisotopic (exact) mass is 387 g/mol. The van der Waals surface area contributed by atoms with Gasteiger partial charge < -0.3 is 0 Å². The fraction of sp³-hybridized carbons (Fsp3) is 0.444. The largest absolute Gasteiger partial charge is 0.433 e. The maximum atomic E-state index is 12.8. The number of hydrogen-bond donors (Lipinski definition) is 0. The molecule has 1 aliphatic carbocycles. The van der Waals surface area contributed by atoms with Gasteiger partial charge >= 0.3 is 6.18 Å². The molecule has 26 heavy (non-hydrogen) atoms. The SMILES string of the molecule is Cc1nc(C(F)(F)F)ccc1C(Cl)=C1C(=O)C(C)(C)C(=O)C(C)(C)C1=O. The number of allylic oxidation sites excluding steroid dienone is 1. The summed E-state index contributed by atoms with van der Waals surface area (Å²) in [4.78, 5) is 41.4. The first-order valence-corrected chi connectivity index (χ1v) is 8.10. The number of carbonyl (C=O) groups is 3. The van der Waals surface area contributed by atoms with Crippen molar-refractivity contribution in [3.05, 3.63) is 34.7 Å². The molecule has 1 saturated carbocycles. The van der Waals surface area contributed by atoms with Crippen molar-refractivity contribution in [2.75, 3.05) is 0 Å². The smallest absolute Gasteiger partial charge is 0.297 e. The Morgan fingerprint density at radius 1 is 1.00 bits per heavy atom. The van der Waals surface area contributed by atoms with Crippen molar-refractivity contribution in [3.63, 3.8) is 0 Å². The summed E-state index contributed by atoms with van der Waals surface area (Å²) < 4.78 is 38.3. The summed E-state index contributed by atoms with van der Waals surface area (Å²) in [5.74, 6) is -2.04. The topological polar surface area (TPSA) is 64.1 Å². The molecule has 0 spiro atoms. The molecule has 0 bridgehead atoms. The number of ketones is 3. The quantitative estimate of drug-likeness (QED) is 0.413. The highest BCUT2D eigenvalue weighted by atomic mass is 35.5. The minimum absolute atomic E-state index is 0.0392. The fourth-order valence-electron chi connectivity index (χ4n) is 3.00. The van der Waals surface area contributed by atoms with Gasteiger partial charge in [-0.2, -0.15) is 13.2 Å². The first-order valence-electron chi connectivity index (χ1n) is 7.73. The number of rotatable bonds is 1. The van der Waals surface area contributed by atoms with Crippen LogP contribution < -0.4 is 0 Å². The molecule has 0 radical (unpaired) electrons. The Morgan fingerprint density at radius 2 is 1.46 bits per heavy atom. The van der Waals surface area contributed by atoms with Crippen molar-refractivity contribution in [3.8, 4) is 0 Å². The van der Waals surface area contributed by atoms with E-state index in [9.17, 15) is 27.6 Å². The van der Waals surface area contributed by atoms with E-state index in [1.807, 2.05) is 0 Å². The molecule has 140 valence electrons. The molecule has 1 fully saturated rings. The molecule has 1 aromatic rings. The average molecular weight is 388 g/mol.